The minimum absolute atomic E-state index is 0.113. The molecule has 3 nitrogen and oxygen atoms in total. The molecule has 1 unspecified atom stereocenters. The Morgan fingerprint density at radius 2 is 2.13 bits per heavy atom. The average molecular weight is 222 g/mol. The van der Waals surface area contributed by atoms with Gasteiger partial charge in [0.1, 0.15) is 0 Å². The summed E-state index contributed by atoms with van der Waals surface area (Å²) in [6.45, 7) is 5.30. The Morgan fingerprint density at radius 1 is 1.33 bits per heavy atom. The summed E-state index contributed by atoms with van der Waals surface area (Å²) in [6, 6.07) is 2.05. The van der Waals surface area contributed by atoms with E-state index in [1.165, 1.54) is 0 Å². The first-order valence-electron chi connectivity index (χ1n) is 5.37. The van der Waals surface area contributed by atoms with Gasteiger partial charge >= 0.3 is 0 Å². The largest absolute Gasteiger partial charge is 0.299 e. The Labute approximate surface area is 93.3 Å². The number of carbonyl (C=O) groups excluding carboxylic acids is 1. The summed E-state index contributed by atoms with van der Waals surface area (Å²) in [5.74, 6) is 0.306. The molecule has 4 heteroatoms. The summed E-state index contributed by atoms with van der Waals surface area (Å²) < 4.78 is 0. The van der Waals surface area contributed by atoms with Crippen molar-refractivity contribution >= 4 is 17.1 Å². The van der Waals surface area contributed by atoms with Gasteiger partial charge in [0.05, 0.1) is 6.04 Å². The number of fused-ring (bicyclic) bond motifs is 3. The highest BCUT2D eigenvalue weighted by molar-refractivity contribution is 7.08. The third kappa shape index (κ3) is 1.62. The zero-order valence-corrected chi connectivity index (χ0v) is 9.37. The molecule has 4 rings (SSSR count). The zero-order valence-electron chi connectivity index (χ0n) is 8.56. The summed E-state index contributed by atoms with van der Waals surface area (Å²) in [5.41, 5.74) is 0.888. The highest BCUT2D eigenvalue weighted by Crippen LogP contribution is 2.20. The predicted octanol–water partition coefficient (Wildman–Crippen LogP) is 0.931. The van der Waals surface area contributed by atoms with Crippen molar-refractivity contribution in [1.29, 1.82) is 0 Å². The number of hydrogen-bond donors (Lipinski definition) is 0. The third-order valence-corrected chi connectivity index (χ3v) is 4.07. The van der Waals surface area contributed by atoms with Crippen LogP contribution in [0.3, 0.4) is 0 Å². The monoisotopic (exact) mass is 222 g/mol. The van der Waals surface area contributed by atoms with E-state index >= 15 is 0 Å². The van der Waals surface area contributed by atoms with Gasteiger partial charge in [-0.15, -0.1) is 0 Å². The topological polar surface area (TPSA) is 23.6 Å². The van der Waals surface area contributed by atoms with Gasteiger partial charge in [0.15, 0.2) is 5.78 Å². The van der Waals surface area contributed by atoms with Crippen molar-refractivity contribution < 1.29 is 4.79 Å². The number of ketones is 1. The van der Waals surface area contributed by atoms with E-state index in [0.717, 1.165) is 38.3 Å². The predicted molar refractivity (Wildman–Crippen MR) is 60.5 cm³/mol. The molecular formula is C11H14N2OS. The smallest absolute Gasteiger partial charge is 0.182 e. The van der Waals surface area contributed by atoms with Gasteiger partial charge in [-0.05, 0) is 11.4 Å². The second kappa shape index (κ2) is 3.70. The lowest BCUT2D eigenvalue weighted by atomic mass is 10.0. The lowest BCUT2D eigenvalue weighted by molar-refractivity contribution is 0.0159. The molecule has 4 heterocycles. The summed E-state index contributed by atoms with van der Waals surface area (Å²) in [5, 5.41) is 3.94. The zero-order chi connectivity index (χ0) is 10.3. The van der Waals surface area contributed by atoms with Crippen LogP contribution in [0.15, 0.2) is 16.8 Å². The maximum Gasteiger partial charge on any atom is 0.182 e. The van der Waals surface area contributed by atoms with Crippen LogP contribution in [0.1, 0.15) is 10.4 Å². The Morgan fingerprint density at radius 3 is 2.67 bits per heavy atom. The maximum absolute atomic E-state index is 12.2. The molecule has 2 bridgehead atoms. The lowest BCUT2D eigenvalue weighted by Gasteiger charge is -2.46. The van der Waals surface area contributed by atoms with Crippen LogP contribution in [0.2, 0.25) is 0 Å². The molecule has 0 amide bonds. The van der Waals surface area contributed by atoms with Gasteiger partial charge in [0.2, 0.25) is 0 Å². The molecule has 0 N–H and O–H groups in total. The van der Waals surface area contributed by atoms with E-state index < -0.39 is 0 Å². The normalized spacial score (nSPS) is 34.3. The molecule has 0 aromatic carbocycles. The molecule has 1 atom stereocenters. The van der Waals surface area contributed by atoms with Crippen LogP contribution in [0, 0.1) is 0 Å². The van der Waals surface area contributed by atoms with Crippen molar-refractivity contribution in [2.45, 2.75) is 6.04 Å². The van der Waals surface area contributed by atoms with Crippen LogP contribution < -0.4 is 0 Å². The Balaban J connectivity index is 1.80. The molecule has 0 saturated carbocycles. The van der Waals surface area contributed by atoms with Gasteiger partial charge in [-0.1, -0.05) is 0 Å². The van der Waals surface area contributed by atoms with E-state index in [0.29, 0.717) is 5.78 Å². The summed E-state index contributed by atoms with van der Waals surface area (Å²) in [4.78, 5) is 16.9. The molecule has 1 aromatic rings. The molecule has 0 radical (unpaired) electrons. The molecule has 3 fully saturated rings. The molecule has 0 spiro atoms. The van der Waals surface area contributed by atoms with Crippen LogP contribution in [0.5, 0.6) is 0 Å². The number of carbonyl (C=O) groups is 1. The SMILES string of the molecule is O=C(c1ccsc1)C1CN2CCN1CC2. The maximum atomic E-state index is 12.2. The lowest BCUT2D eigenvalue weighted by Crippen LogP contribution is -2.63. The van der Waals surface area contributed by atoms with E-state index in [2.05, 4.69) is 9.80 Å². The number of piperazine rings is 3. The summed E-state index contributed by atoms with van der Waals surface area (Å²) >= 11 is 1.60. The molecule has 15 heavy (non-hydrogen) atoms. The van der Waals surface area contributed by atoms with Gasteiger partial charge < -0.3 is 0 Å². The minimum atomic E-state index is 0.113. The van der Waals surface area contributed by atoms with Crippen molar-refractivity contribution in [3.8, 4) is 0 Å². The van der Waals surface area contributed by atoms with Crippen molar-refractivity contribution in [3.63, 3.8) is 0 Å². The van der Waals surface area contributed by atoms with Crippen molar-refractivity contribution in [3.05, 3.63) is 22.4 Å². The van der Waals surface area contributed by atoms with E-state index in [1.54, 1.807) is 11.3 Å². The first-order chi connectivity index (χ1) is 7.34. The quantitative estimate of drug-likeness (QED) is 0.696. The van der Waals surface area contributed by atoms with Gasteiger partial charge in [-0.2, -0.15) is 11.3 Å². The standard InChI is InChI=1S/C11H14N2OS/c14-11(9-1-6-15-8-9)10-7-12-2-4-13(10)5-3-12/h1,6,8,10H,2-5,7H2. The minimum Gasteiger partial charge on any atom is -0.299 e. The van der Waals surface area contributed by atoms with Gasteiger partial charge in [-0.25, -0.2) is 0 Å². The van der Waals surface area contributed by atoms with Crippen LogP contribution in [-0.4, -0.2) is 54.3 Å². The van der Waals surface area contributed by atoms with Crippen LogP contribution in [-0.2, 0) is 0 Å². The van der Waals surface area contributed by atoms with Gasteiger partial charge in [-0.3, -0.25) is 14.6 Å². The van der Waals surface area contributed by atoms with E-state index in [9.17, 15) is 4.79 Å². The van der Waals surface area contributed by atoms with E-state index in [1.807, 2.05) is 16.8 Å². The van der Waals surface area contributed by atoms with Crippen molar-refractivity contribution in [2.24, 2.45) is 0 Å². The van der Waals surface area contributed by atoms with E-state index in [-0.39, 0.29) is 6.04 Å². The molecule has 0 aliphatic carbocycles. The van der Waals surface area contributed by atoms with Gasteiger partial charge in [0, 0.05) is 43.7 Å². The van der Waals surface area contributed by atoms with Crippen molar-refractivity contribution in [1.82, 2.24) is 9.80 Å². The number of Topliss-reactive ketones (excluding diaryl/α,β-unsaturated/α-hetero) is 1. The van der Waals surface area contributed by atoms with Gasteiger partial charge in [0.25, 0.3) is 0 Å². The van der Waals surface area contributed by atoms with Crippen LogP contribution in [0.4, 0.5) is 0 Å². The molecule has 80 valence electrons. The fourth-order valence-electron chi connectivity index (χ4n) is 2.46. The Hall–Kier alpha value is -0.710. The van der Waals surface area contributed by atoms with Crippen LogP contribution >= 0.6 is 11.3 Å². The molecule has 3 aliphatic heterocycles. The molecule has 1 aromatic heterocycles. The first-order valence-corrected chi connectivity index (χ1v) is 6.32. The Kier molecular flexibility index (Phi) is 2.35. The highest BCUT2D eigenvalue weighted by atomic mass is 32.1. The van der Waals surface area contributed by atoms with E-state index in [4.69, 9.17) is 0 Å². The number of nitrogens with zero attached hydrogens (tertiary/aromatic N) is 2. The molecule has 3 aliphatic rings. The summed E-state index contributed by atoms with van der Waals surface area (Å²) in [7, 11) is 0. The van der Waals surface area contributed by atoms with Crippen LogP contribution in [0.25, 0.3) is 0 Å². The molecule has 3 saturated heterocycles. The third-order valence-electron chi connectivity index (χ3n) is 3.39. The van der Waals surface area contributed by atoms with Crippen molar-refractivity contribution in [2.75, 3.05) is 32.7 Å². The summed E-state index contributed by atoms with van der Waals surface area (Å²) in [6.07, 6.45) is 0. The highest BCUT2D eigenvalue weighted by Gasteiger charge is 2.36. The fraction of sp³-hybridized carbons (Fsp3) is 0.545. The first kappa shape index (κ1) is 9.51. The molecular weight excluding hydrogens is 208 g/mol. The number of hydrogen-bond acceptors (Lipinski definition) is 4. The number of rotatable bonds is 2. The second-order valence-corrected chi connectivity index (χ2v) is 5.01. The number of thiophene rings is 1. The Bertz CT molecular complexity index is 355. The average Bonchev–Trinajstić information content (AvgIpc) is 2.83. The second-order valence-electron chi connectivity index (χ2n) is 4.23. The fourth-order valence-corrected chi connectivity index (χ4v) is 3.11.